The molecule has 0 N–H and O–H groups in total. The molecule has 0 saturated heterocycles. The molecule has 0 unspecified atom stereocenters. The third kappa shape index (κ3) is 2.64. The zero-order valence-electron chi connectivity index (χ0n) is 14.0. The maximum atomic E-state index is 13.0. The van der Waals surface area contributed by atoms with Crippen LogP contribution in [0.4, 0.5) is 5.82 Å². The van der Waals surface area contributed by atoms with Crippen molar-refractivity contribution in [2.24, 2.45) is 0 Å². The second-order valence-electron chi connectivity index (χ2n) is 5.40. The first-order valence-electron chi connectivity index (χ1n) is 7.45. The number of carbonyl (C=O) groups excluding carboxylic acids is 1. The predicted octanol–water partition coefficient (Wildman–Crippen LogP) is 1.69. The number of anilines is 1. The van der Waals surface area contributed by atoms with Gasteiger partial charge in [0.05, 0.1) is 12.0 Å². The molecular weight excluding hydrogens is 342 g/mol. The molecule has 1 amide bonds. The van der Waals surface area contributed by atoms with Crippen molar-refractivity contribution in [1.29, 1.82) is 0 Å². The highest BCUT2D eigenvalue weighted by atomic mass is 32.2. The molecule has 2 aromatic rings. The standard InChI is InChI=1S/C17H17N3O4S/c1-19(14-10-6-7-11-18-14)17(21)15-16(24-3)12-8-4-5-9-13(12)25(22,23)20(15)2/h4-11H,1-3H3. The van der Waals surface area contributed by atoms with E-state index < -0.39 is 15.9 Å². The fourth-order valence-corrected chi connectivity index (χ4v) is 4.06. The number of sulfonamides is 1. The minimum Gasteiger partial charge on any atom is -0.494 e. The van der Waals surface area contributed by atoms with Crippen molar-refractivity contribution >= 4 is 27.5 Å². The molecule has 0 bridgehead atoms. The number of ether oxygens (including phenoxy) is 1. The zero-order valence-corrected chi connectivity index (χ0v) is 14.8. The molecule has 7 nitrogen and oxygen atoms in total. The van der Waals surface area contributed by atoms with E-state index in [-0.39, 0.29) is 16.4 Å². The summed E-state index contributed by atoms with van der Waals surface area (Å²) in [5, 5.41) is 0. The molecule has 3 rings (SSSR count). The van der Waals surface area contributed by atoms with Gasteiger partial charge in [-0.15, -0.1) is 0 Å². The van der Waals surface area contributed by atoms with Crippen LogP contribution in [0.15, 0.2) is 59.3 Å². The largest absolute Gasteiger partial charge is 0.494 e. The summed E-state index contributed by atoms with van der Waals surface area (Å²) in [4.78, 5) is 18.5. The summed E-state index contributed by atoms with van der Waals surface area (Å²) in [6.45, 7) is 0. The number of carbonyl (C=O) groups is 1. The number of rotatable bonds is 3. The van der Waals surface area contributed by atoms with Crippen LogP contribution in [0.25, 0.3) is 5.76 Å². The van der Waals surface area contributed by atoms with E-state index >= 15 is 0 Å². The molecule has 0 saturated carbocycles. The Hall–Kier alpha value is -2.87. The summed E-state index contributed by atoms with van der Waals surface area (Å²) in [6, 6.07) is 11.6. The second kappa shape index (κ2) is 6.21. The van der Waals surface area contributed by atoms with Crippen molar-refractivity contribution in [3.8, 4) is 0 Å². The van der Waals surface area contributed by atoms with Gasteiger partial charge in [-0.25, -0.2) is 13.4 Å². The molecule has 0 fully saturated rings. The Kier molecular flexibility index (Phi) is 4.22. The lowest BCUT2D eigenvalue weighted by Gasteiger charge is -2.31. The number of hydrogen-bond donors (Lipinski definition) is 0. The molecule has 0 aliphatic carbocycles. The van der Waals surface area contributed by atoms with Crippen molar-refractivity contribution in [2.75, 3.05) is 26.1 Å². The Balaban J connectivity index is 2.19. The molecule has 1 aliphatic heterocycles. The number of aromatic nitrogens is 1. The summed E-state index contributed by atoms with van der Waals surface area (Å²) in [7, 11) is 0.433. The quantitative estimate of drug-likeness (QED) is 0.833. The van der Waals surface area contributed by atoms with Crippen LogP contribution in [0.2, 0.25) is 0 Å². The number of fused-ring (bicyclic) bond motifs is 1. The van der Waals surface area contributed by atoms with E-state index in [4.69, 9.17) is 4.74 Å². The molecular formula is C17H17N3O4S. The first-order valence-corrected chi connectivity index (χ1v) is 8.89. The molecule has 0 radical (unpaired) electrons. The maximum Gasteiger partial charge on any atom is 0.280 e. The van der Waals surface area contributed by atoms with Crippen molar-refractivity contribution in [3.05, 3.63) is 59.9 Å². The lowest BCUT2D eigenvalue weighted by molar-refractivity contribution is -0.115. The number of benzene rings is 1. The van der Waals surface area contributed by atoms with E-state index in [0.29, 0.717) is 11.4 Å². The van der Waals surface area contributed by atoms with E-state index in [9.17, 15) is 13.2 Å². The Morgan fingerprint density at radius 1 is 1.16 bits per heavy atom. The highest BCUT2D eigenvalue weighted by molar-refractivity contribution is 7.89. The summed E-state index contributed by atoms with van der Waals surface area (Å²) in [5.74, 6) is 0.0805. The highest BCUT2D eigenvalue weighted by Crippen LogP contribution is 2.36. The van der Waals surface area contributed by atoms with Gasteiger partial charge in [0.15, 0.2) is 11.5 Å². The highest BCUT2D eigenvalue weighted by Gasteiger charge is 2.39. The van der Waals surface area contributed by atoms with Gasteiger partial charge in [0.1, 0.15) is 5.82 Å². The van der Waals surface area contributed by atoms with Gasteiger partial charge in [0.25, 0.3) is 15.9 Å². The van der Waals surface area contributed by atoms with Gasteiger partial charge in [-0.2, -0.15) is 0 Å². The maximum absolute atomic E-state index is 13.0. The number of pyridine rings is 1. The summed E-state index contributed by atoms with van der Waals surface area (Å²) < 4.78 is 31.9. The normalized spacial score (nSPS) is 15.6. The van der Waals surface area contributed by atoms with Crippen LogP contribution >= 0.6 is 0 Å². The summed E-state index contributed by atoms with van der Waals surface area (Å²) in [6.07, 6.45) is 1.56. The lowest BCUT2D eigenvalue weighted by atomic mass is 10.1. The molecule has 130 valence electrons. The van der Waals surface area contributed by atoms with Crippen LogP contribution in [0.3, 0.4) is 0 Å². The van der Waals surface area contributed by atoms with Crippen molar-refractivity contribution in [1.82, 2.24) is 9.29 Å². The van der Waals surface area contributed by atoms with E-state index in [1.54, 1.807) is 42.6 Å². The second-order valence-corrected chi connectivity index (χ2v) is 7.34. The number of likely N-dealkylation sites (N-methyl/N-ethyl adjacent to an activating group) is 2. The molecule has 1 aromatic carbocycles. The van der Waals surface area contributed by atoms with Gasteiger partial charge < -0.3 is 4.74 Å². The Labute approximate surface area is 146 Å². The SMILES string of the molecule is COC1=C(C(=O)N(C)c2ccccn2)N(C)S(=O)(=O)c2ccccc21. The monoisotopic (exact) mass is 359 g/mol. The van der Waals surface area contributed by atoms with Gasteiger partial charge in [0.2, 0.25) is 0 Å². The van der Waals surface area contributed by atoms with Gasteiger partial charge in [-0.05, 0) is 24.3 Å². The van der Waals surface area contributed by atoms with E-state index in [1.807, 2.05) is 0 Å². The average Bonchev–Trinajstić information content (AvgIpc) is 2.64. The third-order valence-corrected chi connectivity index (χ3v) is 5.82. The minimum atomic E-state index is -3.85. The van der Waals surface area contributed by atoms with Crippen LogP contribution < -0.4 is 4.90 Å². The molecule has 25 heavy (non-hydrogen) atoms. The number of amides is 1. The van der Waals surface area contributed by atoms with Crippen LogP contribution in [0, 0.1) is 0 Å². The van der Waals surface area contributed by atoms with Crippen LogP contribution in [0.1, 0.15) is 5.56 Å². The Morgan fingerprint density at radius 2 is 1.84 bits per heavy atom. The predicted molar refractivity (Wildman–Crippen MR) is 93.0 cm³/mol. The number of nitrogens with zero attached hydrogens (tertiary/aromatic N) is 3. The average molecular weight is 359 g/mol. The third-order valence-electron chi connectivity index (χ3n) is 4.00. The first-order chi connectivity index (χ1) is 11.9. The molecule has 8 heteroatoms. The van der Waals surface area contributed by atoms with Gasteiger partial charge in [0, 0.05) is 25.9 Å². The Morgan fingerprint density at radius 3 is 2.48 bits per heavy atom. The smallest absolute Gasteiger partial charge is 0.280 e. The fraction of sp³-hybridized carbons (Fsp3) is 0.176. The van der Waals surface area contributed by atoms with E-state index in [1.165, 1.54) is 32.2 Å². The van der Waals surface area contributed by atoms with Gasteiger partial charge in [-0.1, -0.05) is 18.2 Å². The van der Waals surface area contributed by atoms with Gasteiger partial charge in [-0.3, -0.25) is 14.0 Å². The van der Waals surface area contributed by atoms with Crippen molar-refractivity contribution < 1.29 is 17.9 Å². The first kappa shape index (κ1) is 17.0. The van der Waals surface area contributed by atoms with Gasteiger partial charge >= 0.3 is 0 Å². The molecule has 0 atom stereocenters. The number of methoxy groups -OCH3 is 1. The van der Waals surface area contributed by atoms with Crippen LogP contribution in [0.5, 0.6) is 0 Å². The summed E-state index contributed by atoms with van der Waals surface area (Å²) >= 11 is 0. The lowest BCUT2D eigenvalue weighted by Crippen LogP contribution is -2.41. The van der Waals surface area contributed by atoms with E-state index in [0.717, 1.165) is 4.31 Å². The topological polar surface area (TPSA) is 79.8 Å². The zero-order chi connectivity index (χ0) is 18.2. The summed E-state index contributed by atoms with van der Waals surface area (Å²) in [5.41, 5.74) is 0.301. The molecule has 1 aromatic heterocycles. The fourth-order valence-electron chi connectivity index (χ4n) is 2.67. The van der Waals surface area contributed by atoms with E-state index in [2.05, 4.69) is 4.98 Å². The Bertz CT molecular complexity index is 955. The number of hydrogen-bond acceptors (Lipinski definition) is 5. The van der Waals surface area contributed by atoms with Crippen molar-refractivity contribution in [3.63, 3.8) is 0 Å². The van der Waals surface area contributed by atoms with Crippen molar-refractivity contribution in [2.45, 2.75) is 4.90 Å². The van der Waals surface area contributed by atoms with Crippen LogP contribution in [-0.4, -0.2) is 44.8 Å². The molecule has 2 heterocycles. The molecule has 1 aliphatic rings. The van der Waals surface area contributed by atoms with Crippen LogP contribution in [-0.2, 0) is 19.6 Å². The minimum absolute atomic E-state index is 0.0608. The molecule has 0 spiro atoms.